The summed E-state index contributed by atoms with van der Waals surface area (Å²) in [5.74, 6) is 1.11. The quantitative estimate of drug-likeness (QED) is 0.463. The Morgan fingerprint density at radius 1 is 0.935 bits per heavy atom. The molecule has 3 aromatic rings. The smallest absolute Gasteiger partial charge is 0.488 e. The lowest BCUT2D eigenvalue weighted by atomic mass is 9.78. The minimum atomic E-state index is -0.422. The first-order valence-electron chi connectivity index (χ1n) is 10.3. The van der Waals surface area contributed by atoms with Crippen LogP contribution in [-0.2, 0) is 15.9 Å². The van der Waals surface area contributed by atoms with E-state index in [9.17, 15) is 5.11 Å². The molecule has 0 saturated carbocycles. The van der Waals surface area contributed by atoms with E-state index in [1.807, 2.05) is 52.0 Å². The van der Waals surface area contributed by atoms with E-state index >= 15 is 0 Å². The first-order chi connectivity index (χ1) is 14.8. The summed E-state index contributed by atoms with van der Waals surface area (Å²) in [4.78, 5) is 8.59. The molecule has 2 aromatic heterocycles. The van der Waals surface area contributed by atoms with Crippen LogP contribution in [0.5, 0.6) is 11.6 Å². The van der Waals surface area contributed by atoms with Crippen LogP contribution in [0.1, 0.15) is 33.3 Å². The van der Waals surface area contributed by atoms with E-state index in [2.05, 4.69) is 9.97 Å². The summed E-state index contributed by atoms with van der Waals surface area (Å²) in [6.07, 6.45) is 3.30. The van der Waals surface area contributed by atoms with Crippen LogP contribution >= 0.6 is 0 Å². The average molecular weight is 422 g/mol. The maximum atomic E-state index is 9.18. The molecule has 0 spiro atoms. The molecule has 1 aliphatic rings. The Morgan fingerprint density at radius 2 is 1.68 bits per heavy atom. The van der Waals surface area contributed by atoms with Gasteiger partial charge in [-0.05, 0) is 56.9 Å². The second-order valence-corrected chi connectivity index (χ2v) is 8.57. The van der Waals surface area contributed by atoms with Crippen molar-refractivity contribution < 1.29 is 23.9 Å². The van der Waals surface area contributed by atoms with Crippen LogP contribution in [0.3, 0.4) is 0 Å². The van der Waals surface area contributed by atoms with E-state index < -0.39 is 7.12 Å². The van der Waals surface area contributed by atoms with Gasteiger partial charge in [0.25, 0.3) is 0 Å². The van der Waals surface area contributed by atoms with Gasteiger partial charge in [0.15, 0.2) is 0 Å². The van der Waals surface area contributed by atoms with E-state index in [4.69, 9.17) is 18.8 Å². The number of aliphatic hydroxyl groups is 1. The Bertz CT molecular complexity index is 1060. The molecule has 162 valence electrons. The van der Waals surface area contributed by atoms with Gasteiger partial charge in [0.05, 0.1) is 29.5 Å². The number of hydrogen-bond acceptors (Lipinski definition) is 7. The summed E-state index contributed by atoms with van der Waals surface area (Å²) in [7, 11) is -0.422. The minimum Gasteiger partial charge on any atom is -0.488 e. The van der Waals surface area contributed by atoms with Crippen LogP contribution in [-0.4, -0.2) is 46.6 Å². The second-order valence-electron chi connectivity index (χ2n) is 8.57. The number of fused-ring (bicyclic) bond motifs is 1. The average Bonchev–Trinajstić information content (AvgIpc) is 2.98. The van der Waals surface area contributed by atoms with Gasteiger partial charge in [-0.2, -0.15) is 0 Å². The first-order valence-corrected chi connectivity index (χ1v) is 10.3. The molecule has 4 rings (SSSR count). The number of rotatable bonds is 7. The Hall–Kier alpha value is -2.68. The van der Waals surface area contributed by atoms with Crippen molar-refractivity contribution in [3.05, 3.63) is 54.4 Å². The van der Waals surface area contributed by atoms with E-state index in [1.165, 1.54) is 0 Å². The maximum absolute atomic E-state index is 9.18. The Labute approximate surface area is 182 Å². The fourth-order valence-electron chi connectivity index (χ4n) is 3.27. The molecule has 3 heterocycles. The summed E-state index contributed by atoms with van der Waals surface area (Å²) >= 11 is 0. The van der Waals surface area contributed by atoms with Crippen LogP contribution in [0.4, 0.5) is 0 Å². The Kier molecular flexibility index (Phi) is 5.88. The summed E-state index contributed by atoms with van der Waals surface area (Å²) in [5, 5.41) is 10.1. The van der Waals surface area contributed by atoms with Crippen LogP contribution in [0.2, 0.25) is 0 Å². The molecule has 1 fully saturated rings. The fraction of sp³-hybridized carbons (Fsp3) is 0.391. The summed E-state index contributed by atoms with van der Waals surface area (Å²) in [6.45, 7) is 8.78. The highest BCUT2D eigenvalue weighted by molar-refractivity contribution is 6.62. The van der Waals surface area contributed by atoms with E-state index in [-0.39, 0.29) is 17.8 Å². The molecule has 0 unspecified atom stereocenters. The van der Waals surface area contributed by atoms with Crippen molar-refractivity contribution in [2.24, 2.45) is 0 Å². The van der Waals surface area contributed by atoms with Gasteiger partial charge in [-0.1, -0.05) is 12.1 Å². The van der Waals surface area contributed by atoms with Gasteiger partial charge in [0.2, 0.25) is 5.88 Å². The van der Waals surface area contributed by atoms with E-state index in [1.54, 1.807) is 24.5 Å². The van der Waals surface area contributed by atoms with Gasteiger partial charge in [-0.15, -0.1) is 0 Å². The molecule has 0 bridgehead atoms. The summed E-state index contributed by atoms with van der Waals surface area (Å²) in [6, 6.07) is 11.4. The van der Waals surface area contributed by atoms with Gasteiger partial charge in [0.1, 0.15) is 19.0 Å². The van der Waals surface area contributed by atoms with Crippen molar-refractivity contribution in [2.75, 3.05) is 13.2 Å². The predicted octanol–water partition coefficient (Wildman–Crippen LogP) is 2.88. The predicted molar refractivity (Wildman–Crippen MR) is 119 cm³/mol. The van der Waals surface area contributed by atoms with E-state index in [0.717, 1.165) is 21.9 Å². The molecule has 0 atom stereocenters. The van der Waals surface area contributed by atoms with Gasteiger partial charge in [-0.25, -0.2) is 4.98 Å². The zero-order chi connectivity index (χ0) is 22.1. The molecule has 8 heteroatoms. The highest BCUT2D eigenvalue weighted by Gasteiger charge is 2.51. The Morgan fingerprint density at radius 3 is 2.42 bits per heavy atom. The number of aromatic nitrogens is 2. The monoisotopic (exact) mass is 422 g/mol. The molecule has 1 saturated heterocycles. The third-order valence-electron chi connectivity index (χ3n) is 5.79. The zero-order valence-electron chi connectivity index (χ0n) is 18.3. The molecule has 0 amide bonds. The van der Waals surface area contributed by atoms with Crippen molar-refractivity contribution in [1.82, 2.24) is 9.97 Å². The van der Waals surface area contributed by atoms with Crippen molar-refractivity contribution in [3.8, 4) is 11.6 Å². The highest BCUT2D eigenvalue weighted by Crippen LogP contribution is 2.36. The number of hydrogen-bond donors (Lipinski definition) is 1. The number of aliphatic hydroxyl groups excluding tert-OH is 1. The van der Waals surface area contributed by atoms with Crippen molar-refractivity contribution >= 4 is 23.5 Å². The highest BCUT2D eigenvalue weighted by atomic mass is 16.7. The Balaban J connectivity index is 1.40. The molecule has 0 radical (unpaired) electrons. The number of benzene rings is 1. The van der Waals surface area contributed by atoms with Crippen LogP contribution in [0, 0.1) is 0 Å². The van der Waals surface area contributed by atoms with Crippen LogP contribution < -0.4 is 14.9 Å². The topological polar surface area (TPSA) is 82.9 Å². The lowest BCUT2D eigenvalue weighted by Crippen LogP contribution is -2.41. The lowest BCUT2D eigenvalue weighted by Gasteiger charge is -2.32. The number of nitrogens with zero attached hydrogens (tertiary/aromatic N) is 2. The molecular formula is C23H27BN2O5. The summed E-state index contributed by atoms with van der Waals surface area (Å²) < 4.78 is 23.7. The SMILES string of the molecule is CC1(C)OB(c2ccc3ncc(OCCOc4cc(CO)ccn4)cc3c2)OC1(C)C. The van der Waals surface area contributed by atoms with Crippen molar-refractivity contribution in [1.29, 1.82) is 0 Å². The van der Waals surface area contributed by atoms with Crippen molar-refractivity contribution in [2.45, 2.75) is 45.5 Å². The van der Waals surface area contributed by atoms with E-state index in [0.29, 0.717) is 24.8 Å². The second kappa shape index (κ2) is 8.46. The maximum Gasteiger partial charge on any atom is 0.494 e. The molecule has 1 aliphatic heterocycles. The molecule has 1 aromatic carbocycles. The summed E-state index contributed by atoms with van der Waals surface area (Å²) in [5.41, 5.74) is 1.79. The first kappa shape index (κ1) is 21.6. The van der Waals surface area contributed by atoms with Gasteiger partial charge < -0.3 is 23.9 Å². The van der Waals surface area contributed by atoms with Crippen LogP contribution in [0.15, 0.2) is 48.8 Å². The zero-order valence-corrected chi connectivity index (χ0v) is 18.3. The molecule has 31 heavy (non-hydrogen) atoms. The molecule has 0 aliphatic carbocycles. The lowest BCUT2D eigenvalue weighted by molar-refractivity contribution is 0.00578. The normalized spacial score (nSPS) is 17.1. The number of pyridine rings is 2. The largest absolute Gasteiger partial charge is 0.494 e. The molecule has 7 nitrogen and oxygen atoms in total. The van der Waals surface area contributed by atoms with Crippen molar-refractivity contribution in [3.63, 3.8) is 0 Å². The fourth-order valence-corrected chi connectivity index (χ4v) is 3.27. The minimum absolute atomic E-state index is 0.0495. The van der Waals surface area contributed by atoms with Crippen LogP contribution in [0.25, 0.3) is 10.9 Å². The molecule has 1 N–H and O–H groups in total. The van der Waals surface area contributed by atoms with Gasteiger partial charge in [-0.3, -0.25) is 4.98 Å². The third kappa shape index (κ3) is 4.66. The third-order valence-corrected chi connectivity index (χ3v) is 5.79. The van der Waals surface area contributed by atoms with Gasteiger partial charge in [0, 0.05) is 17.6 Å². The van der Waals surface area contributed by atoms with Gasteiger partial charge >= 0.3 is 7.12 Å². The molecular weight excluding hydrogens is 395 g/mol. The standard InChI is InChI=1S/C23H27BN2O5/c1-22(2)23(3,4)31-24(30-22)18-5-6-20-17(12-18)13-19(14-26-20)28-9-10-29-21-11-16(15-27)7-8-25-21/h5-8,11-14,27H,9-10,15H2,1-4H3. The number of ether oxygens (including phenoxy) is 2.